The molecule has 14 heavy (non-hydrogen) atoms. The molecule has 0 amide bonds. The summed E-state index contributed by atoms with van der Waals surface area (Å²) in [6.45, 7) is 0. The summed E-state index contributed by atoms with van der Waals surface area (Å²) in [6.07, 6.45) is 1.04. The second kappa shape index (κ2) is 4.05. The first-order chi connectivity index (χ1) is 6.42. The van der Waals surface area contributed by atoms with E-state index in [0.717, 1.165) is 6.20 Å². The summed E-state index contributed by atoms with van der Waals surface area (Å²) in [5.74, 6) is -3.47. The number of anilines is 1. The lowest BCUT2D eigenvalue weighted by molar-refractivity contribution is 0.236. The molecule has 4 nitrogen and oxygen atoms in total. The summed E-state index contributed by atoms with van der Waals surface area (Å²) >= 11 is 5.41. The van der Waals surface area contributed by atoms with Crippen molar-refractivity contribution in [2.75, 3.05) is 4.72 Å². The molecule has 0 aromatic carbocycles. The standard InChI is InChI=1S/C6H5ClF2N2O2S/c7-5-2-1-4(3-10-5)11-14(12,13)6(8)9/h1-3,6,11H. The third-order valence-electron chi connectivity index (χ3n) is 1.22. The quantitative estimate of drug-likeness (QED) is 0.821. The summed E-state index contributed by atoms with van der Waals surface area (Å²) in [5.41, 5.74) is -0.0605. The summed E-state index contributed by atoms with van der Waals surface area (Å²) in [6, 6.07) is 2.51. The van der Waals surface area contributed by atoms with E-state index in [1.165, 1.54) is 12.1 Å². The van der Waals surface area contributed by atoms with Gasteiger partial charge in [-0.25, -0.2) is 13.4 Å². The van der Waals surface area contributed by atoms with Crippen molar-refractivity contribution in [3.05, 3.63) is 23.5 Å². The molecule has 0 aliphatic rings. The van der Waals surface area contributed by atoms with E-state index in [-0.39, 0.29) is 10.8 Å². The van der Waals surface area contributed by atoms with E-state index in [1.54, 1.807) is 4.72 Å². The zero-order valence-corrected chi connectivity index (χ0v) is 8.19. The Morgan fingerprint density at radius 1 is 1.43 bits per heavy atom. The van der Waals surface area contributed by atoms with Crippen LogP contribution in [-0.2, 0) is 10.0 Å². The first-order valence-electron chi connectivity index (χ1n) is 3.33. The lowest BCUT2D eigenvalue weighted by atomic mass is 10.4. The molecular weight excluding hydrogens is 238 g/mol. The molecule has 0 fully saturated rings. The van der Waals surface area contributed by atoms with Crippen LogP contribution < -0.4 is 4.72 Å². The maximum Gasteiger partial charge on any atom is 0.355 e. The molecule has 0 saturated carbocycles. The van der Waals surface area contributed by atoms with Crippen molar-refractivity contribution in [1.82, 2.24) is 4.98 Å². The largest absolute Gasteiger partial charge is 0.355 e. The van der Waals surface area contributed by atoms with Gasteiger partial charge in [-0.15, -0.1) is 0 Å². The zero-order valence-electron chi connectivity index (χ0n) is 6.62. The van der Waals surface area contributed by atoms with E-state index in [4.69, 9.17) is 11.6 Å². The number of hydrogen-bond acceptors (Lipinski definition) is 3. The van der Waals surface area contributed by atoms with E-state index in [0.29, 0.717) is 0 Å². The van der Waals surface area contributed by atoms with Crippen LogP contribution in [0.5, 0.6) is 0 Å². The Labute approximate surface area is 84.0 Å². The van der Waals surface area contributed by atoms with E-state index in [2.05, 4.69) is 4.98 Å². The number of nitrogens with zero attached hydrogens (tertiary/aromatic N) is 1. The number of hydrogen-bond donors (Lipinski definition) is 1. The molecule has 0 bridgehead atoms. The molecule has 78 valence electrons. The topological polar surface area (TPSA) is 59.1 Å². The van der Waals surface area contributed by atoms with Gasteiger partial charge in [0.05, 0.1) is 11.9 Å². The highest BCUT2D eigenvalue weighted by atomic mass is 35.5. The van der Waals surface area contributed by atoms with Gasteiger partial charge in [0, 0.05) is 0 Å². The van der Waals surface area contributed by atoms with Crippen molar-refractivity contribution in [3.63, 3.8) is 0 Å². The van der Waals surface area contributed by atoms with E-state index >= 15 is 0 Å². The molecule has 0 spiro atoms. The van der Waals surface area contributed by atoms with Crippen LogP contribution in [0, 0.1) is 0 Å². The number of rotatable bonds is 3. The van der Waals surface area contributed by atoms with Crippen LogP contribution >= 0.6 is 11.6 Å². The Balaban J connectivity index is 2.85. The third kappa shape index (κ3) is 2.78. The second-order valence-corrected chi connectivity index (χ2v) is 4.32. The maximum absolute atomic E-state index is 11.9. The van der Waals surface area contributed by atoms with Gasteiger partial charge in [0.25, 0.3) is 10.0 Å². The van der Waals surface area contributed by atoms with Crippen molar-refractivity contribution in [1.29, 1.82) is 0 Å². The number of alkyl halides is 2. The molecule has 1 aromatic rings. The smallest absolute Gasteiger partial charge is 0.277 e. The van der Waals surface area contributed by atoms with Gasteiger partial charge < -0.3 is 0 Å². The molecule has 1 heterocycles. The molecule has 1 aromatic heterocycles. The van der Waals surface area contributed by atoms with Crippen LogP contribution in [-0.4, -0.2) is 19.2 Å². The van der Waals surface area contributed by atoms with Crippen molar-refractivity contribution >= 4 is 27.3 Å². The predicted octanol–water partition coefficient (Wildman–Crippen LogP) is 1.70. The van der Waals surface area contributed by atoms with Gasteiger partial charge in [-0.2, -0.15) is 8.78 Å². The lowest BCUT2D eigenvalue weighted by Crippen LogP contribution is -2.20. The van der Waals surface area contributed by atoms with Gasteiger partial charge >= 0.3 is 5.76 Å². The third-order valence-corrected chi connectivity index (χ3v) is 2.43. The van der Waals surface area contributed by atoms with Gasteiger partial charge in [-0.05, 0) is 12.1 Å². The fraction of sp³-hybridized carbons (Fsp3) is 0.167. The predicted molar refractivity (Wildman–Crippen MR) is 47.8 cm³/mol. The minimum atomic E-state index is -4.63. The number of sulfonamides is 1. The minimum Gasteiger partial charge on any atom is -0.277 e. The van der Waals surface area contributed by atoms with E-state index in [9.17, 15) is 17.2 Å². The van der Waals surface area contributed by atoms with E-state index < -0.39 is 15.8 Å². The molecule has 0 saturated heterocycles. The Bertz CT molecular complexity index is 406. The summed E-state index contributed by atoms with van der Waals surface area (Å²) < 4.78 is 46.7. The van der Waals surface area contributed by atoms with Crippen LogP contribution in [0.1, 0.15) is 0 Å². The van der Waals surface area contributed by atoms with Crippen molar-refractivity contribution < 1.29 is 17.2 Å². The number of nitrogens with one attached hydrogen (secondary N) is 1. The fourth-order valence-electron chi connectivity index (χ4n) is 0.645. The Morgan fingerprint density at radius 2 is 2.07 bits per heavy atom. The number of pyridine rings is 1. The molecule has 8 heteroatoms. The zero-order chi connectivity index (χ0) is 10.8. The lowest BCUT2D eigenvalue weighted by Gasteiger charge is -2.05. The van der Waals surface area contributed by atoms with Crippen LogP contribution in [0.3, 0.4) is 0 Å². The molecular formula is C6H5ClF2N2O2S. The van der Waals surface area contributed by atoms with Crippen LogP contribution in [0.25, 0.3) is 0 Å². The van der Waals surface area contributed by atoms with Crippen molar-refractivity contribution in [2.24, 2.45) is 0 Å². The first kappa shape index (κ1) is 11.1. The molecule has 0 atom stereocenters. The van der Waals surface area contributed by atoms with E-state index in [1.807, 2.05) is 0 Å². The second-order valence-electron chi connectivity index (χ2n) is 2.28. The Kier molecular flexibility index (Phi) is 3.22. The van der Waals surface area contributed by atoms with Crippen LogP contribution in [0.15, 0.2) is 18.3 Å². The first-order valence-corrected chi connectivity index (χ1v) is 5.25. The highest BCUT2D eigenvalue weighted by molar-refractivity contribution is 7.93. The van der Waals surface area contributed by atoms with Crippen molar-refractivity contribution in [3.8, 4) is 0 Å². The molecule has 0 aliphatic carbocycles. The normalized spacial score (nSPS) is 11.7. The van der Waals surface area contributed by atoms with Crippen molar-refractivity contribution in [2.45, 2.75) is 5.76 Å². The number of aromatic nitrogens is 1. The highest BCUT2D eigenvalue weighted by Crippen LogP contribution is 2.14. The van der Waals surface area contributed by atoms with Gasteiger partial charge in [0.1, 0.15) is 5.15 Å². The average Bonchev–Trinajstić information content (AvgIpc) is 2.08. The molecule has 0 aliphatic heterocycles. The Morgan fingerprint density at radius 3 is 2.50 bits per heavy atom. The fourth-order valence-corrected chi connectivity index (χ4v) is 1.30. The van der Waals surface area contributed by atoms with Gasteiger partial charge in [-0.3, -0.25) is 4.72 Å². The number of halogens is 3. The Hall–Kier alpha value is -0.950. The highest BCUT2D eigenvalue weighted by Gasteiger charge is 2.23. The maximum atomic E-state index is 11.9. The summed E-state index contributed by atoms with van der Waals surface area (Å²) in [5, 5.41) is 0.144. The van der Waals surface area contributed by atoms with Crippen LogP contribution in [0.4, 0.5) is 14.5 Å². The minimum absolute atomic E-state index is 0.0605. The van der Waals surface area contributed by atoms with Gasteiger partial charge in [0.15, 0.2) is 0 Å². The SMILES string of the molecule is O=S(=O)(Nc1ccc(Cl)nc1)C(F)F. The average molecular weight is 243 g/mol. The van der Waals surface area contributed by atoms with Gasteiger partial charge in [0.2, 0.25) is 0 Å². The molecule has 0 unspecified atom stereocenters. The molecule has 0 radical (unpaired) electrons. The summed E-state index contributed by atoms with van der Waals surface area (Å²) in [4.78, 5) is 3.52. The molecule has 1 N–H and O–H groups in total. The van der Waals surface area contributed by atoms with Gasteiger partial charge in [-0.1, -0.05) is 11.6 Å². The van der Waals surface area contributed by atoms with Crippen LogP contribution in [0.2, 0.25) is 5.15 Å². The summed E-state index contributed by atoms with van der Waals surface area (Å²) in [7, 11) is -4.63. The monoisotopic (exact) mass is 242 g/mol. The molecule has 1 rings (SSSR count).